The van der Waals surface area contributed by atoms with E-state index in [4.69, 9.17) is 5.11 Å². The molecule has 1 nitrogen and oxygen atoms in total. The summed E-state index contributed by atoms with van der Waals surface area (Å²) in [6.45, 7) is 6.03. The van der Waals surface area contributed by atoms with E-state index in [1.165, 1.54) is 9.15 Å². The van der Waals surface area contributed by atoms with Gasteiger partial charge in [-0.15, -0.1) is 6.58 Å². The van der Waals surface area contributed by atoms with Gasteiger partial charge in [-0.05, 0) is 58.4 Å². The highest BCUT2D eigenvalue weighted by atomic mass is 127. The van der Waals surface area contributed by atoms with Crippen LogP contribution in [0.4, 0.5) is 0 Å². The average Bonchev–Trinajstić information content (AvgIpc) is 1.87. The predicted molar refractivity (Wildman–Crippen MR) is 57.9 cm³/mol. The van der Waals surface area contributed by atoms with Crippen molar-refractivity contribution in [1.82, 2.24) is 0 Å². The number of aliphatic hydroxyl groups excluding tert-OH is 1. The van der Waals surface area contributed by atoms with Crippen LogP contribution in [0.5, 0.6) is 0 Å². The highest BCUT2D eigenvalue weighted by molar-refractivity contribution is 14.1. The van der Waals surface area contributed by atoms with E-state index in [2.05, 4.69) is 29.2 Å². The first kappa shape index (κ1) is 11.2. The maximum atomic E-state index is 8.55. The second kappa shape index (κ2) is 6.85. The molecule has 0 aromatic carbocycles. The average molecular weight is 266 g/mol. The van der Waals surface area contributed by atoms with E-state index < -0.39 is 0 Å². The highest BCUT2D eigenvalue weighted by Gasteiger charge is 1.91. The molecule has 1 N–H and O–H groups in total. The molecule has 0 saturated carbocycles. The van der Waals surface area contributed by atoms with Crippen molar-refractivity contribution in [2.75, 3.05) is 6.61 Å². The van der Waals surface area contributed by atoms with Crippen LogP contribution >= 0.6 is 22.6 Å². The molecule has 0 heterocycles. The standard InChI is InChI=1S/C9H15IO/c1-8(2)4-3-5-9(10)6-7-11/h6,11H,1,3-5,7H2,2H3/b9-6-. The van der Waals surface area contributed by atoms with Gasteiger partial charge in [0.15, 0.2) is 0 Å². The van der Waals surface area contributed by atoms with E-state index in [1.54, 1.807) is 0 Å². The molecular formula is C9H15IO. The summed E-state index contributed by atoms with van der Waals surface area (Å²) < 4.78 is 1.24. The zero-order valence-corrected chi connectivity index (χ0v) is 9.10. The van der Waals surface area contributed by atoms with E-state index in [0.29, 0.717) is 0 Å². The molecule has 0 unspecified atom stereocenters. The zero-order valence-electron chi connectivity index (χ0n) is 6.94. The molecule has 0 radical (unpaired) electrons. The molecule has 0 amide bonds. The van der Waals surface area contributed by atoms with Crippen molar-refractivity contribution in [1.29, 1.82) is 0 Å². The fourth-order valence-electron chi connectivity index (χ4n) is 0.760. The lowest BCUT2D eigenvalue weighted by atomic mass is 10.1. The summed E-state index contributed by atoms with van der Waals surface area (Å²) in [6.07, 6.45) is 5.14. The Morgan fingerprint density at radius 3 is 2.64 bits per heavy atom. The Hall–Kier alpha value is 0.170. The zero-order chi connectivity index (χ0) is 8.69. The van der Waals surface area contributed by atoms with Crippen molar-refractivity contribution >= 4 is 22.6 Å². The van der Waals surface area contributed by atoms with Gasteiger partial charge in [0, 0.05) is 0 Å². The smallest absolute Gasteiger partial charge is 0.0622 e. The maximum absolute atomic E-state index is 8.55. The molecule has 0 fully saturated rings. The van der Waals surface area contributed by atoms with Crippen LogP contribution in [-0.2, 0) is 0 Å². The van der Waals surface area contributed by atoms with Gasteiger partial charge in [0.1, 0.15) is 0 Å². The Labute approximate surface area is 82.3 Å². The fraction of sp³-hybridized carbons (Fsp3) is 0.556. The monoisotopic (exact) mass is 266 g/mol. The molecule has 0 atom stereocenters. The summed E-state index contributed by atoms with van der Waals surface area (Å²) in [5.41, 5.74) is 1.23. The van der Waals surface area contributed by atoms with Crippen LogP contribution in [0.3, 0.4) is 0 Å². The van der Waals surface area contributed by atoms with E-state index >= 15 is 0 Å². The Balaban J connectivity index is 3.38. The summed E-state index contributed by atoms with van der Waals surface area (Å²) in [5, 5.41) is 8.55. The Morgan fingerprint density at radius 1 is 1.55 bits per heavy atom. The topological polar surface area (TPSA) is 20.2 Å². The lowest BCUT2D eigenvalue weighted by Crippen LogP contribution is -1.80. The van der Waals surface area contributed by atoms with Gasteiger partial charge in [0.05, 0.1) is 6.61 Å². The van der Waals surface area contributed by atoms with E-state index in [9.17, 15) is 0 Å². The van der Waals surface area contributed by atoms with E-state index in [-0.39, 0.29) is 6.61 Å². The Morgan fingerprint density at radius 2 is 2.18 bits per heavy atom. The molecular weight excluding hydrogens is 251 g/mol. The van der Waals surface area contributed by atoms with Gasteiger partial charge < -0.3 is 5.11 Å². The van der Waals surface area contributed by atoms with Crippen molar-refractivity contribution in [3.05, 3.63) is 21.8 Å². The lowest BCUT2D eigenvalue weighted by molar-refractivity contribution is 0.342. The van der Waals surface area contributed by atoms with Crippen LogP contribution in [0.2, 0.25) is 0 Å². The molecule has 0 aliphatic rings. The minimum absolute atomic E-state index is 0.158. The first-order valence-corrected chi connectivity index (χ1v) is 4.84. The third-order valence-electron chi connectivity index (χ3n) is 1.33. The van der Waals surface area contributed by atoms with Crippen LogP contribution in [0.15, 0.2) is 21.8 Å². The third kappa shape index (κ3) is 8.07. The van der Waals surface area contributed by atoms with Gasteiger partial charge in [0.2, 0.25) is 0 Å². The Bertz CT molecular complexity index is 150. The number of halogens is 1. The maximum Gasteiger partial charge on any atom is 0.0622 e. The summed E-state index contributed by atoms with van der Waals surface area (Å²) in [6, 6.07) is 0. The molecule has 0 aliphatic heterocycles. The number of allylic oxidation sites excluding steroid dienone is 2. The lowest BCUT2D eigenvalue weighted by Gasteiger charge is -1.98. The van der Waals surface area contributed by atoms with Crippen LogP contribution in [0.1, 0.15) is 26.2 Å². The second-order valence-corrected chi connectivity index (χ2v) is 4.03. The molecule has 0 spiro atoms. The number of rotatable bonds is 5. The minimum atomic E-state index is 0.158. The van der Waals surface area contributed by atoms with Crippen molar-refractivity contribution in [2.45, 2.75) is 26.2 Å². The first-order valence-electron chi connectivity index (χ1n) is 3.76. The molecule has 0 saturated heterocycles. The quantitative estimate of drug-likeness (QED) is 0.599. The number of aliphatic hydroxyl groups is 1. The molecule has 0 aromatic rings. The van der Waals surface area contributed by atoms with E-state index in [0.717, 1.165) is 19.3 Å². The van der Waals surface area contributed by atoms with Crippen molar-refractivity contribution < 1.29 is 5.11 Å². The molecule has 11 heavy (non-hydrogen) atoms. The minimum Gasteiger partial charge on any atom is -0.392 e. The SMILES string of the molecule is C=C(C)CCC/C(I)=C/CO. The van der Waals surface area contributed by atoms with Crippen LogP contribution < -0.4 is 0 Å². The Kier molecular flexibility index (Phi) is 6.96. The van der Waals surface area contributed by atoms with E-state index in [1.807, 2.05) is 13.0 Å². The van der Waals surface area contributed by atoms with Crippen molar-refractivity contribution in [3.8, 4) is 0 Å². The summed E-state index contributed by atoms with van der Waals surface area (Å²) in [5.74, 6) is 0. The normalized spacial score (nSPS) is 11.7. The van der Waals surface area contributed by atoms with Gasteiger partial charge in [-0.2, -0.15) is 0 Å². The fourth-order valence-corrected chi connectivity index (χ4v) is 1.34. The predicted octanol–water partition coefficient (Wildman–Crippen LogP) is 3.04. The highest BCUT2D eigenvalue weighted by Crippen LogP contribution is 2.16. The summed E-state index contributed by atoms with van der Waals surface area (Å²) in [4.78, 5) is 0. The van der Waals surface area contributed by atoms with Crippen molar-refractivity contribution in [2.24, 2.45) is 0 Å². The largest absolute Gasteiger partial charge is 0.392 e. The van der Waals surface area contributed by atoms with Crippen LogP contribution in [0.25, 0.3) is 0 Å². The summed E-state index contributed by atoms with van der Waals surface area (Å²) >= 11 is 2.26. The molecule has 0 bridgehead atoms. The molecule has 2 heteroatoms. The van der Waals surface area contributed by atoms with Crippen LogP contribution in [-0.4, -0.2) is 11.7 Å². The van der Waals surface area contributed by atoms with Gasteiger partial charge in [-0.3, -0.25) is 0 Å². The first-order chi connectivity index (χ1) is 5.16. The van der Waals surface area contributed by atoms with Gasteiger partial charge in [0.25, 0.3) is 0 Å². The van der Waals surface area contributed by atoms with Crippen LogP contribution in [0, 0.1) is 0 Å². The third-order valence-corrected chi connectivity index (χ3v) is 2.31. The molecule has 0 aliphatic carbocycles. The number of hydrogen-bond donors (Lipinski definition) is 1. The van der Waals surface area contributed by atoms with Gasteiger partial charge in [-0.25, -0.2) is 0 Å². The number of hydrogen-bond acceptors (Lipinski definition) is 1. The van der Waals surface area contributed by atoms with Gasteiger partial charge in [-0.1, -0.05) is 5.57 Å². The molecule has 64 valence electrons. The van der Waals surface area contributed by atoms with Crippen molar-refractivity contribution in [3.63, 3.8) is 0 Å². The molecule has 0 rings (SSSR count). The summed E-state index contributed by atoms with van der Waals surface area (Å²) in [7, 11) is 0. The molecule has 0 aromatic heterocycles. The second-order valence-electron chi connectivity index (χ2n) is 2.64. The van der Waals surface area contributed by atoms with Gasteiger partial charge >= 0.3 is 0 Å².